The number of para-hydroxylation sites is 1. The van der Waals surface area contributed by atoms with Gasteiger partial charge in [-0.15, -0.1) is 24.0 Å². The molecule has 2 heterocycles. The van der Waals surface area contributed by atoms with E-state index in [-0.39, 0.29) is 43.1 Å². The molecule has 0 spiro atoms. The molecule has 2 N–H and O–H groups in total. The highest BCUT2D eigenvalue weighted by Gasteiger charge is 2.20. The fourth-order valence-electron chi connectivity index (χ4n) is 3.18. The van der Waals surface area contributed by atoms with Gasteiger partial charge in [0, 0.05) is 44.2 Å². The van der Waals surface area contributed by atoms with Crippen molar-refractivity contribution in [2.24, 2.45) is 4.99 Å². The van der Waals surface area contributed by atoms with Gasteiger partial charge in [-0.1, -0.05) is 18.2 Å². The second-order valence-electron chi connectivity index (χ2n) is 6.55. The second kappa shape index (κ2) is 11.0. The fraction of sp³-hybridized carbons (Fsp3) is 0.238. The molecule has 1 aliphatic rings. The van der Waals surface area contributed by atoms with E-state index < -0.39 is 6.61 Å². The molecular formula is C21H22F2IN5O3. The number of benzene rings is 2. The lowest BCUT2D eigenvalue weighted by Crippen LogP contribution is -2.36. The topological polar surface area (TPSA) is 81.9 Å². The van der Waals surface area contributed by atoms with Gasteiger partial charge in [0.1, 0.15) is 5.75 Å². The van der Waals surface area contributed by atoms with Crippen molar-refractivity contribution in [2.45, 2.75) is 19.7 Å². The van der Waals surface area contributed by atoms with E-state index >= 15 is 0 Å². The second-order valence-corrected chi connectivity index (χ2v) is 6.55. The molecule has 8 nitrogen and oxygen atoms in total. The molecular weight excluding hydrogens is 535 g/mol. The zero-order valence-electron chi connectivity index (χ0n) is 17.1. The Morgan fingerprint density at radius 3 is 2.53 bits per heavy atom. The first kappa shape index (κ1) is 23.6. The van der Waals surface area contributed by atoms with Crippen molar-refractivity contribution in [3.8, 4) is 22.9 Å². The lowest BCUT2D eigenvalue weighted by molar-refractivity contribution is -0.0505. The van der Waals surface area contributed by atoms with Gasteiger partial charge in [-0.05, 0) is 23.8 Å². The normalized spacial score (nSPS) is 12.4. The van der Waals surface area contributed by atoms with Crippen LogP contribution in [0.15, 0.2) is 59.9 Å². The van der Waals surface area contributed by atoms with E-state index in [2.05, 4.69) is 25.5 Å². The van der Waals surface area contributed by atoms with Gasteiger partial charge in [0.15, 0.2) is 17.5 Å². The van der Waals surface area contributed by atoms with Gasteiger partial charge >= 0.3 is 6.61 Å². The van der Waals surface area contributed by atoms with Crippen LogP contribution >= 0.6 is 24.0 Å². The van der Waals surface area contributed by atoms with E-state index in [9.17, 15) is 8.78 Å². The summed E-state index contributed by atoms with van der Waals surface area (Å²) >= 11 is 0. The smallest absolute Gasteiger partial charge is 0.387 e. The third-order valence-corrected chi connectivity index (χ3v) is 4.63. The van der Waals surface area contributed by atoms with Crippen LogP contribution in [0, 0.1) is 0 Å². The van der Waals surface area contributed by atoms with Crippen LogP contribution in [0.1, 0.15) is 11.1 Å². The molecule has 1 aliphatic heterocycles. The molecule has 32 heavy (non-hydrogen) atoms. The molecule has 0 radical (unpaired) electrons. The van der Waals surface area contributed by atoms with E-state index in [1.807, 2.05) is 36.5 Å². The highest BCUT2D eigenvalue weighted by atomic mass is 127. The Labute approximate surface area is 200 Å². The van der Waals surface area contributed by atoms with Gasteiger partial charge in [-0.2, -0.15) is 13.9 Å². The van der Waals surface area contributed by atoms with Crippen LogP contribution in [0.3, 0.4) is 0 Å². The molecule has 0 unspecified atom stereocenters. The van der Waals surface area contributed by atoms with Crippen molar-refractivity contribution in [3.05, 3.63) is 66.0 Å². The quantitative estimate of drug-likeness (QED) is 0.262. The summed E-state index contributed by atoms with van der Waals surface area (Å²) in [5.41, 5.74) is 2.45. The Morgan fingerprint density at radius 2 is 1.84 bits per heavy atom. The summed E-state index contributed by atoms with van der Waals surface area (Å²) in [4.78, 5) is 4.20. The van der Waals surface area contributed by atoms with Gasteiger partial charge in [0.2, 0.25) is 6.79 Å². The van der Waals surface area contributed by atoms with Crippen molar-refractivity contribution in [3.63, 3.8) is 0 Å². The third-order valence-electron chi connectivity index (χ3n) is 4.63. The highest BCUT2D eigenvalue weighted by molar-refractivity contribution is 14.0. The van der Waals surface area contributed by atoms with Crippen molar-refractivity contribution in [1.82, 2.24) is 20.4 Å². The van der Waals surface area contributed by atoms with Crippen molar-refractivity contribution >= 4 is 29.9 Å². The molecule has 0 saturated carbocycles. The minimum atomic E-state index is -2.95. The number of alkyl halides is 2. The summed E-state index contributed by atoms with van der Waals surface area (Å²) in [6.07, 6.45) is 3.59. The standard InChI is InChI=1S/C21H21F2N5O3.HI/c1-24-21(25-11-14-5-2-3-6-16(14)28-8-4-7-27-28)26-12-15-9-18-19(30-13-29-18)10-17(15)31-20(22)23;/h2-10,20H,11-13H2,1H3,(H2,24,25,26);1H. The number of hydrogen-bond donors (Lipinski definition) is 2. The van der Waals surface area contributed by atoms with Crippen molar-refractivity contribution in [1.29, 1.82) is 0 Å². The average molecular weight is 557 g/mol. The first-order valence-electron chi connectivity index (χ1n) is 9.54. The first-order chi connectivity index (χ1) is 15.1. The Hall–Kier alpha value is -3.09. The summed E-state index contributed by atoms with van der Waals surface area (Å²) in [6.45, 7) is -2.23. The number of aliphatic imine (C=N–C) groups is 1. The van der Waals surface area contributed by atoms with Crippen LogP contribution < -0.4 is 24.8 Å². The zero-order chi connectivity index (χ0) is 21.6. The Morgan fingerprint density at radius 1 is 1.12 bits per heavy atom. The SMILES string of the molecule is CN=C(NCc1cc2c(cc1OC(F)F)OCO2)NCc1ccccc1-n1cccn1.I. The molecule has 2 aromatic carbocycles. The number of fused-ring (bicyclic) bond motifs is 1. The maximum absolute atomic E-state index is 12.8. The van der Waals surface area contributed by atoms with E-state index in [1.54, 1.807) is 24.0 Å². The van der Waals surface area contributed by atoms with Gasteiger partial charge in [0.05, 0.1) is 5.69 Å². The maximum atomic E-state index is 12.8. The molecule has 0 amide bonds. The minimum Gasteiger partial charge on any atom is -0.454 e. The summed E-state index contributed by atoms with van der Waals surface area (Å²) < 4.78 is 42.7. The Kier molecular flexibility index (Phi) is 8.09. The Bertz CT molecular complexity index is 1060. The predicted molar refractivity (Wildman–Crippen MR) is 125 cm³/mol. The molecule has 3 aromatic rings. The van der Waals surface area contributed by atoms with Crippen LogP contribution in [-0.2, 0) is 13.1 Å². The van der Waals surface area contributed by atoms with E-state index in [1.165, 1.54) is 6.07 Å². The number of nitrogens with zero attached hydrogens (tertiary/aromatic N) is 3. The monoisotopic (exact) mass is 557 g/mol. The van der Waals surface area contributed by atoms with Gasteiger partial charge in [-0.25, -0.2) is 4.68 Å². The van der Waals surface area contributed by atoms with Gasteiger partial charge < -0.3 is 24.8 Å². The summed E-state index contributed by atoms with van der Waals surface area (Å²) in [7, 11) is 1.63. The molecule has 0 atom stereocenters. The average Bonchev–Trinajstić information content (AvgIpc) is 3.45. The lowest BCUT2D eigenvalue weighted by atomic mass is 10.1. The molecule has 4 rings (SSSR count). The first-order valence-corrected chi connectivity index (χ1v) is 9.54. The number of ether oxygens (including phenoxy) is 3. The van der Waals surface area contributed by atoms with Crippen LogP contribution in [-0.4, -0.2) is 36.2 Å². The molecule has 170 valence electrons. The number of aromatic nitrogens is 2. The van der Waals surface area contributed by atoms with Crippen LogP contribution in [0.5, 0.6) is 17.2 Å². The Balaban J connectivity index is 0.00000289. The predicted octanol–water partition coefficient (Wildman–Crippen LogP) is 3.69. The molecule has 11 heteroatoms. The van der Waals surface area contributed by atoms with E-state index in [0.717, 1.165) is 11.3 Å². The fourth-order valence-corrected chi connectivity index (χ4v) is 3.18. The summed E-state index contributed by atoms with van der Waals surface area (Å²) in [6, 6.07) is 12.7. The molecule has 1 aromatic heterocycles. The summed E-state index contributed by atoms with van der Waals surface area (Å²) in [5, 5.41) is 10.6. The van der Waals surface area contributed by atoms with E-state index in [4.69, 9.17) is 9.47 Å². The van der Waals surface area contributed by atoms with E-state index in [0.29, 0.717) is 29.6 Å². The summed E-state index contributed by atoms with van der Waals surface area (Å²) in [5.74, 6) is 1.37. The van der Waals surface area contributed by atoms with Gasteiger partial charge in [-0.3, -0.25) is 4.99 Å². The number of halogens is 3. The van der Waals surface area contributed by atoms with Gasteiger partial charge in [0.25, 0.3) is 0 Å². The van der Waals surface area contributed by atoms with Crippen LogP contribution in [0.2, 0.25) is 0 Å². The van der Waals surface area contributed by atoms with Crippen molar-refractivity contribution < 1.29 is 23.0 Å². The molecule has 0 fully saturated rings. The molecule has 0 saturated heterocycles. The largest absolute Gasteiger partial charge is 0.454 e. The van der Waals surface area contributed by atoms with Crippen LogP contribution in [0.25, 0.3) is 5.69 Å². The number of hydrogen-bond acceptors (Lipinski definition) is 5. The molecule has 0 bridgehead atoms. The molecule has 0 aliphatic carbocycles. The maximum Gasteiger partial charge on any atom is 0.387 e. The zero-order valence-corrected chi connectivity index (χ0v) is 19.5. The number of rotatable bonds is 7. The minimum absolute atomic E-state index is 0. The van der Waals surface area contributed by atoms with Crippen molar-refractivity contribution in [2.75, 3.05) is 13.8 Å². The van der Waals surface area contributed by atoms with Crippen LogP contribution in [0.4, 0.5) is 8.78 Å². The number of guanidine groups is 1. The number of nitrogens with one attached hydrogen (secondary N) is 2. The lowest BCUT2D eigenvalue weighted by Gasteiger charge is -2.16. The highest BCUT2D eigenvalue weighted by Crippen LogP contribution is 2.38. The third kappa shape index (κ3) is 5.58.